The molecule has 0 unspecified atom stereocenters. The number of hydrogen-bond acceptors (Lipinski definition) is 3. The second-order valence-corrected chi connectivity index (χ2v) is 7.37. The highest BCUT2D eigenvalue weighted by Gasteiger charge is 2.07. The molecule has 2 aromatic carbocycles. The van der Waals surface area contributed by atoms with Crippen molar-refractivity contribution in [3.05, 3.63) is 59.1 Å². The molecule has 1 aliphatic rings. The Labute approximate surface area is 152 Å². The van der Waals surface area contributed by atoms with E-state index in [0.717, 1.165) is 58.7 Å². The van der Waals surface area contributed by atoms with Crippen molar-refractivity contribution in [3.8, 4) is 0 Å². The number of rotatable bonds is 2. The first kappa shape index (κ1) is 17.2. The van der Waals surface area contributed by atoms with Gasteiger partial charge in [-0.1, -0.05) is 35.9 Å². The van der Waals surface area contributed by atoms with E-state index in [1.807, 2.05) is 30.0 Å². The van der Waals surface area contributed by atoms with Gasteiger partial charge in [0.05, 0.1) is 17.9 Å². The fourth-order valence-electron chi connectivity index (χ4n) is 2.61. The van der Waals surface area contributed by atoms with E-state index in [-0.39, 0.29) is 0 Å². The molecule has 0 saturated carbocycles. The van der Waals surface area contributed by atoms with Crippen LogP contribution in [0.5, 0.6) is 0 Å². The maximum absolute atomic E-state index is 6.06. The Kier molecular flexibility index (Phi) is 6.44. The van der Waals surface area contributed by atoms with Gasteiger partial charge in [0.25, 0.3) is 0 Å². The van der Waals surface area contributed by atoms with Crippen molar-refractivity contribution in [2.24, 2.45) is 4.99 Å². The summed E-state index contributed by atoms with van der Waals surface area (Å²) in [5.74, 6) is 3.32. The minimum atomic E-state index is 0.644. The van der Waals surface area contributed by atoms with Crippen molar-refractivity contribution in [2.75, 3.05) is 28.7 Å². The molecule has 3 rings (SSSR count). The van der Waals surface area contributed by atoms with Crippen molar-refractivity contribution in [2.45, 2.75) is 19.4 Å². The topological polar surface area (TPSA) is 36.4 Å². The van der Waals surface area contributed by atoms with E-state index in [9.17, 15) is 0 Å². The summed E-state index contributed by atoms with van der Waals surface area (Å²) in [5.41, 5.74) is 3.36. The number of fused-ring (bicyclic) bond motifs is 1. The summed E-state index contributed by atoms with van der Waals surface area (Å²) in [4.78, 5) is 4.81. The van der Waals surface area contributed by atoms with Gasteiger partial charge in [0.2, 0.25) is 0 Å². The van der Waals surface area contributed by atoms with Crippen LogP contribution in [0.3, 0.4) is 0 Å². The number of nitrogens with zero attached hydrogens (tertiary/aromatic N) is 1. The van der Waals surface area contributed by atoms with Crippen LogP contribution < -0.4 is 10.6 Å². The van der Waals surface area contributed by atoms with E-state index in [1.165, 1.54) is 0 Å². The average Bonchev–Trinajstić information content (AvgIpc) is 2.64. The molecular weight excluding hydrogens is 338 g/mol. The first-order valence-electron chi connectivity index (χ1n) is 8.27. The number of thioether (sulfide) groups is 1. The third-order valence-corrected chi connectivity index (χ3v) is 5.12. The Morgan fingerprint density at radius 2 is 1.92 bits per heavy atom. The number of benzene rings is 2. The molecule has 3 nitrogen and oxygen atoms in total. The number of amidine groups is 1. The molecule has 0 aromatic heterocycles. The molecule has 0 atom stereocenters. The molecule has 24 heavy (non-hydrogen) atoms. The maximum Gasteiger partial charge on any atom is 0.101 e. The normalized spacial score (nSPS) is 17.3. The summed E-state index contributed by atoms with van der Waals surface area (Å²) >= 11 is 8.06. The maximum atomic E-state index is 6.06. The lowest BCUT2D eigenvalue weighted by molar-refractivity contribution is 0.971. The van der Waals surface area contributed by atoms with Crippen LogP contribution in [0.2, 0.25) is 5.02 Å². The average molecular weight is 360 g/mol. The smallest absolute Gasteiger partial charge is 0.101 e. The lowest BCUT2D eigenvalue weighted by Gasteiger charge is -2.14. The number of anilines is 2. The molecule has 5 heteroatoms. The largest absolute Gasteiger partial charge is 0.383 e. The second kappa shape index (κ2) is 9.00. The molecule has 2 N–H and O–H groups in total. The Bertz CT molecular complexity index is 703. The van der Waals surface area contributed by atoms with Crippen LogP contribution in [0.1, 0.15) is 18.4 Å². The van der Waals surface area contributed by atoms with Gasteiger partial charge in [0.15, 0.2) is 0 Å². The molecule has 0 bridgehead atoms. The summed E-state index contributed by atoms with van der Waals surface area (Å²) in [6, 6.07) is 16.2. The van der Waals surface area contributed by atoms with Gasteiger partial charge < -0.3 is 10.6 Å². The monoisotopic (exact) mass is 359 g/mol. The molecule has 0 spiro atoms. The number of aliphatic imine (C=N–C) groups is 1. The Morgan fingerprint density at radius 3 is 2.79 bits per heavy atom. The van der Waals surface area contributed by atoms with Crippen molar-refractivity contribution in [1.82, 2.24) is 0 Å². The minimum absolute atomic E-state index is 0.644. The van der Waals surface area contributed by atoms with Crippen LogP contribution in [-0.2, 0) is 6.54 Å². The van der Waals surface area contributed by atoms with Crippen LogP contribution in [0, 0.1) is 0 Å². The van der Waals surface area contributed by atoms with Crippen LogP contribution in [0.15, 0.2) is 53.5 Å². The van der Waals surface area contributed by atoms with Crippen LogP contribution in [-0.4, -0.2) is 23.9 Å². The van der Waals surface area contributed by atoms with Gasteiger partial charge in [-0.3, -0.25) is 4.99 Å². The highest BCUT2D eigenvalue weighted by Crippen LogP contribution is 2.23. The van der Waals surface area contributed by atoms with E-state index in [0.29, 0.717) is 6.54 Å². The molecule has 0 amide bonds. The van der Waals surface area contributed by atoms with E-state index in [2.05, 4.69) is 41.0 Å². The third kappa shape index (κ3) is 5.18. The van der Waals surface area contributed by atoms with Crippen molar-refractivity contribution < 1.29 is 0 Å². The third-order valence-electron chi connectivity index (χ3n) is 3.81. The van der Waals surface area contributed by atoms with Gasteiger partial charge in [-0.25, -0.2) is 0 Å². The SMILES string of the molecule is Clc1cccc(CN=C2CCCSCCNc3ccccc3N2)c1. The molecule has 1 aliphatic heterocycles. The standard InChI is InChI=1S/C19H22ClN3S/c20-16-6-3-5-15(13-16)14-22-19-9-4-11-24-12-10-21-17-7-1-2-8-18(17)23-19/h1-3,5-8,13,21H,4,9-12,14H2,(H,22,23). The zero-order valence-corrected chi connectivity index (χ0v) is 15.2. The zero-order valence-electron chi connectivity index (χ0n) is 13.6. The van der Waals surface area contributed by atoms with Gasteiger partial charge in [-0.15, -0.1) is 0 Å². The molecule has 2 aromatic rings. The van der Waals surface area contributed by atoms with Gasteiger partial charge in [0, 0.05) is 23.7 Å². The summed E-state index contributed by atoms with van der Waals surface area (Å²) in [6.45, 7) is 1.63. The van der Waals surface area contributed by atoms with Gasteiger partial charge >= 0.3 is 0 Å². The highest BCUT2D eigenvalue weighted by molar-refractivity contribution is 7.99. The minimum Gasteiger partial charge on any atom is -0.383 e. The lowest BCUT2D eigenvalue weighted by Crippen LogP contribution is -2.14. The first-order valence-corrected chi connectivity index (χ1v) is 9.80. The fourth-order valence-corrected chi connectivity index (χ4v) is 3.62. The van der Waals surface area contributed by atoms with Gasteiger partial charge in [0.1, 0.15) is 5.84 Å². The van der Waals surface area contributed by atoms with Crippen molar-refractivity contribution in [1.29, 1.82) is 0 Å². The Morgan fingerprint density at radius 1 is 1.04 bits per heavy atom. The molecule has 126 valence electrons. The second-order valence-electron chi connectivity index (χ2n) is 5.71. The van der Waals surface area contributed by atoms with Crippen molar-refractivity contribution in [3.63, 3.8) is 0 Å². The van der Waals surface area contributed by atoms with E-state index in [1.54, 1.807) is 0 Å². The molecule has 0 radical (unpaired) electrons. The summed E-state index contributed by atoms with van der Waals surface area (Å²) in [5, 5.41) is 7.79. The summed E-state index contributed by atoms with van der Waals surface area (Å²) in [7, 11) is 0. The van der Waals surface area contributed by atoms with Crippen LogP contribution in [0.4, 0.5) is 11.4 Å². The lowest BCUT2D eigenvalue weighted by atomic mass is 10.2. The Hall–Kier alpha value is -1.65. The summed E-state index contributed by atoms with van der Waals surface area (Å²) < 4.78 is 0. The molecule has 0 aliphatic carbocycles. The predicted octanol–water partition coefficient (Wildman–Crippen LogP) is 5.29. The van der Waals surface area contributed by atoms with E-state index in [4.69, 9.17) is 16.6 Å². The summed E-state index contributed by atoms with van der Waals surface area (Å²) in [6.07, 6.45) is 2.09. The highest BCUT2D eigenvalue weighted by atomic mass is 35.5. The predicted molar refractivity (Wildman–Crippen MR) is 108 cm³/mol. The molecule has 0 fully saturated rings. The molecular formula is C19H22ClN3S. The molecule has 1 heterocycles. The van der Waals surface area contributed by atoms with Crippen molar-refractivity contribution >= 4 is 40.6 Å². The van der Waals surface area contributed by atoms with Crippen LogP contribution in [0.25, 0.3) is 0 Å². The van der Waals surface area contributed by atoms with Gasteiger partial charge in [-0.05, 0) is 42.0 Å². The quantitative estimate of drug-likeness (QED) is 0.764. The van der Waals surface area contributed by atoms with E-state index < -0.39 is 0 Å². The number of para-hydroxylation sites is 2. The number of hydrogen-bond donors (Lipinski definition) is 2. The van der Waals surface area contributed by atoms with Crippen LogP contribution >= 0.6 is 23.4 Å². The van der Waals surface area contributed by atoms with E-state index >= 15 is 0 Å². The zero-order chi connectivity index (χ0) is 16.6. The van der Waals surface area contributed by atoms with Gasteiger partial charge in [-0.2, -0.15) is 11.8 Å². The fraction of sp³-hybridized carbons (Fsp3) is 0.316. The number of halogens is 1. The first-order chi connectivity index (χ1) is 11.8. The number of nitrogens with one attached hydrogen (secondary N) is 2. The molecule has 0 saturated heterocycles. The Balaban J connectivity index is 1.78.